The Bertz CT molecular complexity index is 1160. The molecule has 130 valence electrons. The van der Waals surface area contributed by atoms with Crippen LogP contribution in [-0.2, 0) is 16.4 Å². The first-order valence-corrected chi connectivity index (χ1v) is 9.79. The van der Waals surface area contributed by atoms with Gasteiger partial charge in [-0.25, -0.2) is 12.4 Å². The molecule has 0 amide bonds. The molecule has 0 spiro atoms. The molecule has 4 nitrogen and oxygen atoms in total. The van der Waals surface area contributed by atoms with Crippen LogP contribution < -0.4 is 0 Å². The second-order valence-electron chi connectivity index (χ2n) is 6.36. The van der Waals surface area contributed by atoms with Crippen molar-refractivity contribution in [1.29, 1.82) is 0 Å². The second kappa shape index (κ2) is 6.42. The van der Waals surface area contributed by atoms with Gasteiger partial charge in [0.1, 0.15) is 4.90 Å². The average Bonchev–Trinajstić information content (AvgIpc) is 3.08. The van der Waals surface area contributed by atoms with Crippen LogP contribution in [0.15, 0.2) is 84.1 Å². The Morgan fingerprint density at radius 3 is 2.46 bits per heavy atom. The van der Waals surface area contributed by atoms with Crippen LogP contribution in [0.25, 0.3) is 10.9 Å². The minimum Gasteiger partial charge on any atom is -0.263 e. The van der Waals surface area contributed by atoms with Gasteiger partial charge in [0, 0.05) is 24.0 Å². The number of benzene rings is 2. The van der Waals surface area contributed by atoms with E-state index in [2.05, 4.69) is 36.2 Å². The molecule has 0 aliphatic rings. The number of fused-ring (bicyclic) bond motifs is 1. The molecule has 2 aromatic carbocycles. The van der Waals surface area contributed by atoms with Crippen molar-refractivity contribution in [3.05, 3.63) is 95.9 Å². The first kappa shape index (κ1) is 16.5. The summed E-state index contributed by atoms with van der Waals surface area (Å²) in [4.78, 5) is 4.11. The zero-order valence-corrected chi connectivity index (χ0v) is 15.1. The molecule has 0 fully saturated rings. The summed E-state index contributed by atoms with van der Waals surface area (Å²) in [5, 5.41) is 0.894. The van der Waals surface area contributed by atoms with E-state index in [1.54, 1.807) is 24.5 Å². The number of hydrogen-bond acceptors (Lipinski definition) is 3. The van der Waals surface area contributed by atoms with Crippen molar-refractivity contribution in [2.24, 2.45) is 0 Å². The van der Waals surface area contributed by atoms with Crippen LogP contribution >= 0.6 is 0 Å². The van der Waals surface area contributed by atoms with Gasteiger partial charge in [-0.2, -0.15) is 0 Å². The topological polar surface area (TPSA) is 52.0 Å². The molecule has 0 saturated carbocycles. The predicted octanol–water partition coefficient (Wildman–Crippen LogP) is 4.17. The van der Waals surface area contributed by atoms with E-state index in [9.17, 15) is 8.42 Å². The summed E-state index contributed by atoms with van der Waals surface area (Å²) in [7, 11) is -3.66. The molecule has 0 atom stereocenters. The lowest BCUT2D eigenvalue weighted by molar-refractivity contribution is 0.588. The molecule has 0 radical (unpaired) electrons. The molecule has 4 rings (SSSR count). The number of hydrogen-bond donors (Lipinski definition) is 0. The molecule has 0 bridgehead atoms. The summed E-state index contributed by atoms with van der Waals surface area (Å²) < 4.78 is 27.2. The van der Waals surface area contributed by atoms with E-state index in [-0.39, 0.29) is 4.90 Å². The van der Waals surface area contributed by atoms with Crippen LogP contribution in [0.1, 0.15) is 16.7 Å². The van der Waals surface area contributed by atoms with E-state index in [0.29, 0.717) is 5.52 Å². The number of aryl methyl sites for hydroxylation is 1. The fraction of sp³-hybridized carbons (Fsp3) is 0.0952. The van der Waals surface area contributed by atoms with Gasteiger partial charge in [0.15, 0.2) is 0 Å². The standard InChI is InChI=1S/C21H18N2O2S/c1-16-4-6-17(7-5-16)13-18-8-9-19-10-12-23(21(19)14-18)26(24,25)20-3-2-11-22-15-20/h2-12,14-15H,13H2,1H3. The van der Waals surface area contributed by atoms with E-state index in [1.165, 1.54) is 21.3 Å². The quantitative estimate of drug-likeness (QED) is 0.547. The summed E-state index contributed by atoms with van der Waals surface area (Å²) >= 11 is 0. The molecule has 5 heteroatoms. The monoisotopic (exact) mass is 362 g/mol. The third kappa shape index (κ3) is 3.02. The highest BCUT2D eigenvalue weighted by Crippen LogP contribution is 2.24. The molecule has 0 N–H and O–H groups in total. The Morgan fingerprint density at radius 2 is 1.73 bits per heavy atom. The Labute approximate surface area is 152 Å². The van der Waals surface area contributed by atoms with Crippen LogP contribution in [0.4, 0.5) is 0 Å². The molecule has 0 saturated heterocycles. The molecule has 4 aromatic rings. The summed E-state index contributed by atoms with van der Waals surface area (Å²) in [5.41, 5.74) is 4.17. The van der Waals surface area contributed by atoms with Crippen molar-refractivity contribution in [1.82, 2.24) is 8.96 Å². The molecule has 0 aliphatic heterocycles. The summed E-state index contributed by atoms with van der Waals surface area (Å²) in [6.45, 7) is 2.06. The summed E-state index contributed by atoms with van der Waals surface area (Å²) in [6.07, 6.45) is 5.29. The van der Waals surface area contributed by atoms with Gasteiger partial charge < -0.3 is 0 Å². The van der Waals surface area contributed by atoms with Crippen molar-refractivity contribution in [3.63, 3.8) is 0 Å². The first-order chi connectivity index (χ1) is 12.5. The smallest absolute Gasteiger partial charge is 0.263 e. The Hall–Kier alpha value is -2.92. The maximum atomic E-state index is 12.9. The third-order valence-electron chi connectivity index (χ3n) is 4.44. The number of aromatic nitrogens is 2. The Morgan fingerprint density at radius 1 is 0.962 bits per heavy atom. The van der Waals surface area contributed by atoms with Gasteiger partial charge in [-0.15, -0.1) is 0 Å². The lowest BCUT2D eigenvalue weighted by atomic mass is 10.0. The highest BCUT2D eigenvalue weighted by Gasteiger charge is 2.19. The van der Waals surface area contributed by atoms with E-state index < -0.39 is 10.0 Å². The Kier molecular flexibility index (Phi) is 4.09. The van der Waals surface area contributed by atoms with Crippen molar-refractivity contribution in [2.75, 3.05) is 0 Å². The Balaban J connectivity index is 1.77. The molecule has 0 aliphatic carbocycles. The van der Waals surface area contributed by atoms with Crippen LogP contribution in [0.5, 0.6) is 0 Å². The van der Waals surface area contributed by atoms with Gasteiger partial charge >= 0.3 is 0 Å². The van der Waals surface area contributed by atoms with Crippen LogP contribution in [-0.4, -0.2) is 17.4 Å². The van der Waals surface area contributed by atoms with Crippen LogP contribution in [0, 0.1) is 6.92 Å². The normalized spacial score (nSPS) is 11.7. The summed E-state index contributed by atoms with van der Waals surface area (Å²) in [5.74, 6) is 0. The van der Waals surface area contributed by atoms with Gasteiger partial charge in [-0.3, -0.25) is 4.98 Å². The van der Waals surface area contributed by atoms with Crippen LogP contribution in [0.3, 0.4) is 0 Å². The van der Waals surface area contributed by atoms with Gasteiger partial charge in [0.25, 0.3) is 10.0 Å². The average molecular weight is 362 g/mol. The zero-order valence-electron chi connectivity index (χ0n) is 14.3. The largest absolute Gasteiger partial charge is 0.269 e. The maximum Gasteiger partial charge on any atom is 0.269 e. The maximum absolute atomic E-state index is 12.9. The third-order valence-corrected chi connectivity index (χ3v) is 6.12. The second-order valence-corrected chi connectivity index (χ2v) is 8.18. The SMILES string of the molecule is Cc1ccc(Cc2ccc3ccn(S(=O)(=O)c4cccnc4)c3c2)cc1. The molecule has 0 unspecified atom stereocenters. The molecule has 2 heterocycles. The minimum atomic E-state index is -3.66. The molecular formula is C21H18N2O2S. The number of pyridine rings is 1. The van der Waals surface area contributed by atoms with Crippen molar-refractivity contribution in [3.8, 4) is 0 Å². The van der Waals surface area contributed by atoms with Gasteiger partial charge in [0.2, 0.25) is 0 Å². The van der Waals surface area contributed by atoms with Crippen molar-refractivity contribution >= 4 is 20.9 Å². The first-order valence-electron chi connectivity index (χ1n) is 8.35. The van der Waals surface area contributed by atoms with E-state index >= 15 is 0 Å². The lowest BCUT2D eigenvalue weighted by Crippen LogP contribution is -2.12. The highest BCUT2D eigenvalue weighted by molar-refractivity contribution is 7.90. The lowest BCUT2D eigenvalue weighted by Gasteiger charge is -2.09. The number of nitrogens with zero attached hydrogens (tertiary/aromatic N) is 2. The van der Waals surface area contributed by atoms with Crippen LogP contribution in [0.2, 0.25) is 0 Å². The highest BCUT2D eigenvalue weighted by atomic mass is 32.2. The van der Waals surface area contributed by atoms with E-state index in [1.807, 2.05) is 24.3 Å². The molecule has 26 heavy (non-hydrogen) atoms. The van der Waals surface area contributed by atoms with Crippen molar-refractivity contribution in [2.45, 2.75) is 18.2 Å². The van der Waals surface area contributed by atoms with Gasteiger partial charge in [-0.05, 0) is 48.7 Å². The van der Waals surface area contributed by atoms with Gasteiger partial charge in [-0.1, -0.05) is 42.0 Å². The van der Waals surface area contributed by atoms with E-state index in [0.717, 1.165) is 17.4 Å². The molecular weight excluding hydrogens is 344 g/mol. The zero-order chi connectivity index (χ0) is 18.1. The fourth-order valence-electron chi connectivity index (χ4n) is 3.02. The minimum absolute atomic E-state index is 0.182. The summed E-state index contributed by atoms with van der Waals surface area (Å²) in [6, 6.07) is 19.3. The number of rotatable bonds is 4. The predicted molar refractivity (Wildman–Crippen MR) is 103 cm³/mol. The molecule has 2 aromatic heterocycles. The fourth-order valence-corrected chi connectivity index (χ4v) is 4.33. The van der Waals surface area contributed by atoms with Crippen molar-refractivity contribution < 1.29 is 8.42 Å². The van der Waals surface area contributed by atoms with Gasteiger partial charge in [0.05, 0.1) is 5.52 Å². The van der Waals surface area contributed by atoms with E-state index in [4.69, 9.17) is 0 Å².